The van der Waals surface area contributed by atoms with Crippen molar-refractivity contribution in [2.24, 2.45) is 11.7 Å². The van der Waals surface area contributed by atoms with Crippen LogP contribution in [0.1, 0.15) is 33.1 Å². The summed E-state index contributed by atoms with van der Waals surface area (Å²) in [5.41, 5.74) is 5.86. The minimum absolute atomic E-state index is 0.0185. The van der Waals surface area contributed by atoms with Crippen LogP contribution >= 0.6 is 23.5 Å². The first-order valence-corrected chi connectivity index (χ1v) is 12.8. The monoisotopic (exact) mass is 480 g/mol. The second-order valence-corrected chi connectivity index (χ2v) is 9.47. The molecule has 0 rings (SSSR count). The highest BCUT2D eigenvalue weighted by molar-refractivity contribution is 7.98. The van der Waals surface area contributed by atoms with Crippen LogP contribution in [0.15, 0.2) is 0 Å². The van der Waals surface area contributed by atoms with Gasteiger partial charge in [0.2, 0.25) is 17.7 Å². The number of amides is 3. The highest BCUT2D eigenvalue weighted by Gasteiger charge is 2.30. The maximum absolute atomic E-state index is 12.7. The number of nitrogens with two attached hydrogens (primary N) is 1. The third kappa shape index (κ3) is 12.2. The molecule has 0 aromatic rings. The second-order valence-electron chi connectivity index (χ2n) is 7.50. The summed E-state index contributed by atoms with van der Waals surface area (Å²) < 4.78 is 0. The molecule has 10 nitrogen and oxygen atoms in total. The molecule has 0 aliphatic rings. The van der Waals surface area contributed by atoms with Gasteiger partial charge in [-0.05, 0) is 49.2 Å². The molecule has 3 amide bonds. The molecule has 180 valence electrons. The normalized spacial score (nSPS) is 14.9. The number of carboxylic acids is 1. The Morgan fingerprint density at radius 3 is 1.81 bits per heavy atom. The first-order chi connectivity index (χ1) is 14.6. The fourth-order valence-electron chi connectivity index (χ4n) is 2.59. The largest absolute Gasteiger partial charge is 0.480 e. The van der Waals surface area contributed by atoms with Gasteiger partial charge in [0, 0.05) is 0 Å². The molecule has 0 aliphatic heterocycles. The van der Waals surface area contributed by atoms with Crippen LogP contribution in [0.3, 0.4) is 0 Å². The van der Waals surface area contributed by atoms with Gasteiger partial charge >= 0.3 is 5.97 Å². The number of aliphatic hydroxyl groups excluding tert-OH is 1. The first kappa shape index (κ1) is 29.5. The van der Waals surface area contributed by atoms with Gasteiger partial charge in [0.05, 0.1) is 12.6 Å². The van der Waals surface area contributed by atoms with Crippen molar-refractivity contribution < 1.29 is 29.4 Å². The van der Waals surface area contributed by atoms with Crippen LogP contribution in [0.2, 0.25) is 0 Å². The Hall–Kier alpha value is -1.50. The molecule has 7 N–H and O–H groups in total. The maximum Gasteiger partial charge on any atom is 0.326 e. The summed E-state index contributed by atoms with van der Waals surface area (Å²) in [5, 5.41) is 26.2. The summed E-state index contributed by atoms with van der Waals surface area (Å²) in [6.07, 6.45) is 4.71. The van der Waals surface area contributed by atoms with Gasteiger partial charge in [-0.25, -0.2) is 4.79 Å². The van der Waals surface area contributed by atoms with E-state index in [2.05, 4.69) is 16.0 Å². The van der Waals surface area contributed by atoms with Crippen molar-refractivity contribution in [2.45, 2.75) is 57.3 Å². The topological polar surface area (TPSA) is 171 Å². The van der Waals surface area contributed by atoms with Crippen LogP contribution in [0.5, 0.6) is 0 Å². The smallest absolute Gasteiger partial charge is 0.326 e. The number of carbonyl (C=O) groups is 4. The molecule has 0 saturated carbocycles. The number of nitrogens with one attached hydrogen (secondary N) is 3. The minimum Gasteiger partial charge on any atom is -0.480 e. The zero-order valence-electron chi connectivity index (χ0n) is 18.6. The van der Waals surface area contributed by atoms with Gasteiger partial charge in [-0.15, -0.1) is 0 Å². The Morgan fingerprint density at radius 2 is 1.32 bits per heavy atom. The van der Waals surface area contributed by atoms with Crippen molar-refractivity contribution in [3.05, 3.63) is 0 Å². The van der Waals surface area contributed by atoms with Gasteiger partial charge in [-0.2, -0.15) is 23.5 Å². The lowest BCUT2D eigenvalue weighted by molar-refractivity contribution is -0.143. The number of aliphatic hydroxyl groups is 1. The van der Waals surface area contributed by atoms with Crippen molar-refractivity contribution in [1.29, 1.82) is 0 Å². The zero-order chi connectivity index (χ0) is 24.0. The van der Waals surface area contributed by atoms with Crippen molar-refractivity contribution in [3.8, 4) is 0 Å². The average Bonchev–Trinajstić information content (AvgIpc) is 2.71. The molecule has 0 saturated heterocycles. The lowest BCUT2D eigenvalue weighted by atomic mass is 10.0. The number of aliphatic carboxylic acids is 1. The molecule has 0 spiro atoms. The van der Waals surface area contributed by atoms with E-state index in [0.29, 0.717) is 24.3 Å². The number of carbonyl (C=O) groups excluding carboxylic acids is 3. The van der Waals surface area contributed by atoms with Crippen LogP contribution in [0, 0.1) is 5.92 Å². The molecular weight excluding hydrogens is 444 g/mol. The van der Waals surface area contributed by atoms with E-state index in [4.69, 9.17) is 5.73 Å². The van der Waals surface area contributed by atoms with E-state index < -0.39 is 54.5 Å². The number of thioether (sulfide) groups is 2. The van der Waals surface area contributed by atoms with Crippen LogP contribution in [0.4, 0.5) is 0 Å². The minimum atomic E-state index is -1.35. The van der Waals surface area contributed by atoms with E-state index in [9.17, 15) is 29.4 Å². The quantitative estimate of drug-likeness (QED) is 0.169. The molecule has 4 unspecified atom stereocenters. The Bertz CT molecular complexity index is 594. The third-order valence-electron chi connectivity index (χ3n) is 4.35. The van der Waals surface area contributed by atoms with Gasteiger partial charge in [0.25, 0.3) is 0 Å². The van der Waals surface area contributed by atoms with Crippen molar-refractivity contribution in [2.75, 3.05) is 30.6 Å². The predicted octanol–water partition coefficient (Wildman–Crippen LogP) is -0.603. The molecule has 0 aromatic heterocycles. The van der Waals surface area contributed by atoms with E-state index in [1.807, 2.05) is 26.4 Å². The molecule has 4 atom stereocenters. The molecule has 31 heavy (non-hydrogen) atoms. The second kappa shape index (κ2) is 16.2. The number of rotatable bonds is 16. The highest BCUT2D eigenvalue weighted by Crippen LogP contribution is 2.07. The summed E-state index contributed by atoms with van der Waals surface area (Å²) in [4.78, 5) is 48.8. The average molecular weight is 481 g/mol. The SMILES string of the molecule is CSCCC(N)C(=O)NC(CCSC)C(=O)NC(CO)C(=O)NC(CC(C)C)C(=O)O. The van der Waals surface area contributed by atoms with Crippen molar-refractivity contribution in [3.63, 3.8) is 0 Å². The van der Waals surface area contributed by atoms with Gasteiger partial charge in [-0.1, -0.05) is 13.8 Å². The van der Waals surface area contributed by atoms with Crippen LogP contribution < -0.4 is 21.7 Å². The third-order valence-corrected chi connectivity index (χ3v) is 5.64. The number of carboxylic acid groups (broad SMARTS) is 1. The summed E-state index contributed by atoms with van der Waals surface area (Å²) >= 11 is 3.04. The van der Waals surface area contributed by atoms with Gasteiger partial charge in [0.1, 0.15) is 18.1 Å². The maximum atomic E-state index is 12.7. The summed E-state index contributed by atoms with van der Waals surface area (Å²) in [7, 11) is 0. The molecule has 0 aromatic carbocycles. The highest BCUT2D eigenvalue weighted by atomic mass is 32.2. The van der Waals surface area contributed by atoms with Crippen molar-refractivity contribution >= 4 is 47.2 Å². The predicted molar refractivity (Wildman–Crippen MR) is 124 cm³/mol. The Labute approximate surface area is 192 Å². The lowest BCUT2D eigenvalue weighted by Crippen LogP contribution is -2.58. The van der Waals surface area contributed by atoms with E-state index in [1.165, 1.54) is 11.8 Å². The fraction of sp³-hybridized carbons (Fsp3) is 0.789. The van der Waals surface area contributed by atoms with Gasteiger partial charge in [-0.3, -0.25) is 14.4 Å². The summed E-state index contributed by atoms with van der Waals surface area (Å²) in [6.45, 7) is 2.91. The van der Waals surface area contributed by atoms with Crippen LogP contribution in [0.25, 0.3) is 0 Å². The van der Waals surface area contributed by atoms with Crippen LogP contribution in [-0.2, 0) is 19.2 Å². The molecule has 0 aliphatic carbocycles. The molecule has 0 radical (unpaired) electrons. The Balaban J connectivity index is 5.14. The number of hydrogen-bond donors (Lipinski definition) is 6. The first-order valence-electron chi connectivity index (χ1n) is 10.1. The standard InChI is InChI=1S/C19H36N4O6S2/c1-11(2)9-14(19(28)29)22-18(27)15(10-24)23-17(26)13(6-8-31-4)21-16(25)12(20)5-7-30-3/h11-15,24H,5-10,20H2,1-4H3,(H,21,25)(H,22,27)(H,23,26)(H,28,29). The van der Waals surface area contributed by atoms with E-state index >= 15 is 0 Å². The Morgan fingerprint density at radius 1 is 0.839 bits per heavy atom. The zero-order valence-corrected chi connectivity index (χ0v) is 20.2. The summed E-state index contributed by atoms with van der Waals surface area (Å²) in [6, 6.07) is -4.19. The van der Waals surface area contributed by atoms with Crippen LogP contribution in [-0.4, -0.2) is 88.7 Å². The Kier molecular flexibility index (Phi) is 15.4. The molecule has 12 heteroatoms. The molecule has 0 fully saturated rings. The van der Waals surface area contributed by atoms with Gasteiger partial charge in [0.15, 0.2) is 0 Å². The van der Waals surface area contributed by atoms with E-state index in [0.717, 1.165) is 0 Å². The number of hydrogen-bond acceptors (Lipinski definition) is 8. The fourth-order valence-corrected chi connectivity index (χ4v) is 3.55. The van der Waals surface area contributed by atoms with E-state index in [1.54, 1.807) is 11.8 Å². The van der Waals surface area contributed by atoms with E-state index in [-0.39, 0.29) is 12.3 Å². The molecule has 0 heterocycles. The van der Waals surface area contributed by atoms with Gasteiger partial charge < -0.3 is 31.9 Å². The molecular formula is C19H36N4O6S2. The molecule has 0 bridgehead atoms. The lowest BCUT2D eigenvalue weighted by Gasteiger charge is -2.24. The van der Waals surface area contributed by atoms with Crippen molar-refractivity contribution in [1.82, 2.24) is 16.0 Å². The summed E-state index contributed by atoms with van der Waals surface area (Å²) in [5.74, 6) is -1.84.